The second-order valence-electron chi connectivity index (χ2n) is 8.34. The highest BCUT2D eigenvalue weighted by Gasteiger charge is 2.24. The number of aromatic nitrogens is 3. The number of para-hydroxylation sites is 1. The van der Waals surface area contributed by atoms with Gasteiger partial charge in [0.1, 0.15) is 0 Å². The Labute approximate surface area is 232 Å². The minimum absolute atomic E-state index is 0.0906. The van der Waals surface area contributed by atoms with Crippen LogP contribution in [0.4, 0.5) is 5.69 Å². The highest BCUT2D eigenvalue weighted by Crippen LogP contribution is 2.30. The third-order valence-electron chi connectivity index (χ3n) is 5.96. The molecule has 0 aliphatic rings. The molecule has 0 atom stereocenters. The number of carbonyl (C=O) groups is 1. The van der Waals surface area contributed by atoms with Gasteiger partial charge in [-0.1, -0.05) is 73.6 Å². The maximum Gasteiger partial charge on any atom is 0.243 e. The molecule has 0 saturated carbocycles. The third kappa shape index (κ3) is 5.94. The number of amides is 1. The van der Waals surface area contributed by atoms with Crippen LogP contribution in [0.3, 0.4) is 0 Å². The van der Waals surface area contributed by atoms with Crippen molar-refractivity contribution in [2.75, 3.05) is 24.2 Å². The zero-order chi connectivity index (χ0) is 27.3. The number of anilines is 1. The van der Waals surface area contributed by atoms with E-state index in [1.165, 1.54) is 16.1 Å². The fraction of sp³-hybridized carbons (Fsp3) is 0.222. The number of nitrogens with one attached hydrogen (secondary N) is 1. The van der Waals surface area contributed by atoms with Crippen LogP contribution >= 0.6 is 23.4 Å². The summed E-state index contributed by atoms with van der Waals surface area (Å²) in [5.41, 5.74) is 2.83. The number of carbonyl (C=O) groups excluding carboxylic acids is 1. The lowest BCUT2D eigenvalue weighted by atomic mass is 10.2. The molecule has 0 radical (unpaired) electrons. The third-order valence-corrected chi connectivity index (χ3v) is 9.34. The molecule has 4 aromatic rings. The summed E-state index contributed by atoms with van der Waals surface area (Å²) in [5, 5.41) is 12.7. The van der Waals surface area contributed by atoms with E-state index in [2.05, 4.69) is 15.5 Å². The molecule has 0 spiro atoms. The van der Waals surface area contributed by atoms with Crippen molar-refractivity contribution in [3.63, 3.8) is 0 Å². The molecule has 1 heterocycles. The number of rotatable bonds is 10. The molecule has 0 unspecified atom stereocenters. The van der Waals surface area contributed by atoms with Gasteiger partial charge in [-0.25, -0.2) is 8.42 Å². The molecule has 1 N–H and O–H groups in total. The van der Waals surface area contributed by atoms with E-state index < -0.39 is 10.0 Å². The van der Waals surface area contributed by atoms with Crippen LogP contribution in [0.2, 0.25) is 5.02 Å². The number of nitrogens with zero attached hydrogens (tertiary/aromatic N) is 4. The number of hydrogen-bond acceptors (Lipinski definition) is 6. The molecule has 1 amide bonds. The number of halogens is 1. The average molecular weight is 570 g/mol. The minimum atomic E-state index is -3.65. The van der Waals surface area contributed by atoms with E-state index >= 15 is 0 Å². The quantitative estimate of drug-likeness (QED) is 0.248. The van der Waals surface area contributed by atoms with Crippen molar-refractivity contribution >= 4 is 45.0 Å². The van der Waals surface area contributed by atoms with Crippen LogP contribution in [0, 0.1) is 6.92 Å². The molecule has 11 heteroatoms. The Balaban J connectivity index is 1.66. The molecule has 0 fully saturated rings. The monoisotopic (exact) mass is 569 g/mol. The van der Waals surface area contributed by atoms with Gasteiger partial charge in [-0.15, -0.1) is 10.2 Å². The van der Waals surface area contributed by atoms with E-state index in [9.17, 15) is 13.2 Å². The van der Waals surface area contributed by atoms with Gasteiger partial charge in [0.15, 0.2) is 11.0 Å². The van der Waals surface area contributed by atoms with Gasteiger partial charge in [-0.3, -0.25) is 9.36 Å². The maximum atomic E-state index is 13.1. The summed E-state index contributed by atoms with van der Waals surface area (Å²) < 4.78 is 29.5. The van der Waals surface area contributed by atoms with Gasteiger partial charge < -0.3 is 5.32 Å². The van der Waals surface area contributed by atoms with Crippen molar-refractivity contribution in [1.29, 1.82) is 0 Å². The molecule has 38 heavy (non-hydrogen) atoms. The van der Waals surface area contributed by atoms with Crippen molar-refractivity contribution in [3.8, 4) is 17.1 Å². The summed E-state index contributed by atoms with van der Waals surface area (Å²) in [4.78, 5) is 12.9. The molecular weight excluding hydrogens is 542 g/mol. The van der Waals surface area contributed by atoms with Crippen LogP contribution in [0.15, 0.2) is 82.8 Å². The largest absolute Gasteiger partial charge is 0.325 e. The highest BCUT2D eigenvalue weighted by molar-refractivity contribution is 7.99. The van der Waals surface area contributed by atoms with Gasteiger partial charge in [0.2, 0.25) is 15.9 Å². The zero-order valence-corrected chi connectivity index (χ0v) is 23.6. The van der Waals surface area contributed by atoms with E-state index in [0.717, 1.165) is 11.3 Å². The second-order valence-corrected chi connectivity index (χ2v) is 11.6. The summed E-state index contributed by atoms with van der Waals surface area (Å²) >= 11 is 7.41. The summed E-state index contributed by atoms with van der Waals surface area (Å²) in [7, 11) is -3.65. The van der Waals surface area contributed by atoms with Crippen molar-refractivity contribution in [1.82, 2.24) is 19.1 Å². The first-order chi connectivity index (χ1) is 18.3. The zero-order valence-electron chi connectivity index (χ0n) is 21.3. The number of hydrogen-bond donors (Lipinski definition) is 1. The van der Waals surface area contributed by atoms with Crippen LogP contribution in [-0.4, -0.2) is 52.2 Å². The molecular formula is C27H28ClN5O3S2. The van der Waals surface area contributed by atoms with Crippen molar-refractivity contribution < 1.29 is 13.2 Å². The molecule has 198 valence electrons. The minimum Gasteiger partial charge on any atom is -0.325 e. The van der Waals surface area contributed by atoms with Gasteiger partial charge in [-0.2, -0.15) is 4.31 Å². The van der Waals surface area contributed by atoms with Crippen molar-refractivity contribution in [2.45, 2.75) is 30.8 Å². The lowest BCUT2D eigenvalue weighted by Gasteiger charge is -2.19. The van der Waals surface area contributed by atoms with Crippen LogP contribution in [0.1, 0.15) is 19.4 Å². The molecule has 1 aromatic heterocycles. The number of sulfonamides is 1. The summed E-state index contributed by atoms with van der Waals surface area (Å²) in [6.07, 6.45) is 0. The van der Waals surface area contributed by atoms with E-state index in [0.29, 0.717) is 40.3 Å². The fourth-order valence-corrected chi connectivity index (χ4v) is 6.36. The van der Waals surface area contributed by atoms with Crippen molar-refractivity contribution in [3.05, 3.63) is 83.4 Å². The Bertz CT molecular complexity index is 1540. The highest BCUT2D eigenvalue weighted by atomic mass is 35.5. The first-order valence-electron chi connectivity index (χ1n) is 12.1. The second kappa shape index (κ2) is 12.1. The predicted octanol–water partition coefficient (Wildman–Crippen LogP) is 5.66. The van der Waals surface area contributed by atoms with E-state index in [4.69, 9.17) is 11.6 Å². The lowest BCUT2D eigenvalue weighted by Crippen LogP contribution is -2.30. The van der Waals surface area contributed by atoms with Gasteiger partial charge in [0, 0.05) is 35.1 Å². The Morgan fingerprint density at radius 2 is 1.71 bits per heavy atom. The van der Waals surface area contributed by atoms with Crippen LogP contribution < -0.4 is 5.32 Å². The molecule has 0 saturated heterocycles. The fourth-order valence-electron chi connectivity index (χ4n) is 3.93. The average Bonchev–Trinajstić information content (AvgIpc) is 3.35. The van der Waals surface area contributed by atoms with Gasteiger partial charge >= 0.3 is 0 Å². The van der Waals surface area contributed by atoms with Gasteiger partial charge in [-0.05, 0) is 48.9 Å². The smallest absolute Gasteiger partial charge is 0.243 e. The Morgan fingerprint density at radius 3 is 2.42 bits per heavy atom. The molecule has 4 rings (SSSR count). The molecule has 3 aromatic carbocycles. The summed E-state index contributed by atoms with van der Waals surface area (Å²) in [6, 6.07) is 21.5. The van der Waals surface area contributed by atoms with Gasteiger partial charge in [0.05, 0.1) is 10.6 Å². The first-order valence-corrected chi connectivity index (χ1v) is 14.9. The maximum absolute atomic E-state index is 13.1. The topological polar surface area (TPSA) is 97.2 Å². The summed E-state index contributed by atoms with van der Waals surface area (Å²) in [6.45, 7) is 6.22. The summed E-state index contributed by atoms with van der Waals surface area (Å²) in [5.74, 6) is 0.353. The Morgan fingerprint density at radius 1 is 1.00 bits per heavy atom. The SMILES string of the molecule is CCN(CC)S(=O)(=O)c1cccc(-c2nnc(SCC(=O)Nc3cccc(Cl)c3C)n2-c2ccccc2)c1. The molecule has 8 nitrogen and oxygen atoms in total. The van der Waals surface area contributed by atoms with Crippen molar-refractivity contribution in [2.24, 2.45) is 0 Å². The van der Waals surface area contributed by atoms with E-state index in [-0.39, 0.29) is 16.6 Å². The standard InChI is InChI=1S/C27H28ClN5O3S2/c1-4-32(5-2)38(35,36)22-14-9-11-20(17-22)26-30-31-27(33(26)21-12-7-6-8-13-21)37-18-25(34)29-24-16-10-15-23(28)19(24)3/h6-17H,4-5,18H2,1-3H3,(H,29,34). The van der Waals surface area contributed by atoms with Crippen LogP contribution in [-0.2, 0) is 14.8 Å². The molecule has 0 aliphatic carbocycles. The van der Waals surface area contributed by atoms with Crippen LogP contribution in [0.5, 0.6) is 0 Å². The lowest BCUT2D eigenvalue weighted by molar-refractivity contribution is -0.113. The van der Waals surface area contributed by atoms with E-state index in [1.54, 1.807) is 42.5 Å². The normalized spacial score (nSPS) is 11.6. The Hall–Kier alpha value is -3.18. The first kappa shape index (κ1) is 27.8. The number of thioether (sulfide) groups is 1. The Kier molecular flexibility index (Phi) is 8.88. The predicted molar refractivity (Wildman–Crippen MR) is 152 cm³/mol. The molecule has 0 bridgehead atoms. The molecule has 0 aliphatic heterocycles. The van der Waals surface area contributed by atoms with Gasteiger partial charge in [0.25, 0.3) is 0 Å². The van der Waals surface area contributed by atoms with E-state index in [1.807, 2.05) is 55.7 Å². The van der Waals surface area contributed by atoms with Crippen LogP contribution in [0.25, 0.3) is 17.1 Å². The number of benzene rings is 3.